The molecule has 0 radical (unpaired) electrons. The smallest absolute Gasteiger partial charge is 0.165 e. The van der Waals surface area contributed by atoms with Crippen LogP contribution >= 0.6 is 0 Å². The number of benzene rings is 2. The number of ether oxygens (including phenoxy) is 1. The van der Waals surface area contributed by atoms with Crippen molar-refractivity contribution in [3.05, 3.63) is 59.9 Å². The topological polar surface area (TPSA) is 35.2 Å². The van der Waals surface area contributed by atoms with Gasteiger partial charge in [0.1, 0.15) is 5.75 Å². The van der Waals surface area contributed by atoms with Crippen molar-refractivity contribution in [2.24, 2.45) is 5.73 Å². The molecule has 2 N–H and O–H groups in total. The van der Waals surface area contributed by atoms with Gasteiger partial charge in [0, 0.05) is 0 Å². The highest BCUT2D eigenvalue weighted by atomic mass is 19.1. The molecule has 0 aliphatic carbocycles. The van der Waals surface area contributed by atoms with Gasteiger partial charge >= 0.3 is 0 Å². The number of nitrogens with two attached hydrogens (primary N) is 1. The predicted octanol–water partition coefficient (Wildman–Crippen LogP) is 3.12. The quantitative estimate of drug-likeness (QED) is 0.877. The van der Waals surface area contributed by atoms with Crippen LogP contribution in [0.5, 0.6) is 11.5 Å². The Balaban J connectivity index is 2.27. The average molecular weight is 231 g/mol. The minimum atomic E-state index is -0.366. The summed E-state index contributed by atoms with van der Waals surface area (Å²) in [7, 11) is 0. The third-order valence-electron chi connectivity index (χ3n) is 2.44. The van der Waals surface area contributed by atoms with Gasteiger partial charge in [-0.3, -0.25) is 0 Å². The number of hydrogen-bond donors (Lipinski definition) is 1. The average Bonchev–Trinajstić information content (AvgIpc) is 2.35. The van der Waals surface area contributed by atoms with E-state index in [0.29, 0.717) is 18.7 Å². The Morgan fingerprint density at radius 2 is 1.59 bits per heavy atom. The molecule has 17 heavy (non-hydrogen) atoms. The molecule has 0 aromatic heterocycles. The molecule has 0 saturated carbocycles. The maximum Gasteiger partial charge on any atom is 0.165 e. The zero-order valence-electron chi connectivity index (χ0n) is 9.40. The fraction of sp³-hybridized carbons (Fsp3) is 0.143. The Bertz CT molecular complexity index is 499. The highest BCUT2D eigenvalue weighted by Crippen LogP contribution is 2.27. The summed E-state index contributed by atoms with van der Waals surface area (Å²) in [6.07, 6.45) is 0.713. The molecule has 0 unspecified atom stereocenters. The zero-order chi connectivity index (χ0) is 12.1. The molecule has 0 aliphatic rings. The summed E-state index contributed by atoms with van der Waals surface area (Å²) in [6, 6.07) is 13.9. The van der Waals surface area contributed by atoms with Gasteiger partial charge in [0.2, 0.25) is 0 Å². The number of halogens is 1. The fourth-order valence-electron chi connectivity index (χ4n) is 1.61. The summed E-state index contributed by atoms with van der Waals surface area (Å²) in [5.41, 5.74) is 6.51. The normalized spacial score (nSPS) is 10.2. The van der Waals surface area contributed by atoms with Crippen molar-refractivity contribution in [3.63, 3.8) is 0 Å². The molecule has 0 saturated heterocycles. The molecule has 2 aromatic carbocycles. The second-order valence-corrected chi connectivity index (χ2v) is 3.68. The van der Waals surface area contributed by atoms with Crippen LogP contribution in [0.25, 0.3) is 0 Å². The van der Waals surface area contributed by atoms with E-state index in [1.807, 2.05) is 24.3 Å². The molecule has 2 aromatic rings. The summed E-state index contributed by atoms with van der Waals surface area (Å²) in [5.74, 6) is 0.523. The molecular weight excluding hydrogens is 217 g/mol. The van der Waals surface area contributed by atoms with Gasteiger partial charge in [-0.15, -0.1) is 0 Å². The van der Waals surface area contributed by atoms with Crippen LogP contribution in [0.4, 0.5) is 4.39 Å². The van der Waals surface area contributed by atoms with E-state index in [2.05, 4.69) is 0 Å². The van der Waals surface area contributed by atoms with Crippen molar-refractivity contribution in [1.82, 2.24) is 0 Å². The van der Waals surface area contributed by atoms with Crippen LogP contribution in [0, 0.1) is 5.82 Å². The summed E-state index contributed by atoms with van der Waals surface area (Å²) < 4.78 is 19.0. The molecule has 0 aliphatic heterocycles. The molecule has 0 heterocycles. The van der Waals surface area contributed by atoms with Crippen LogP contribution in [0.2, 0.25) is 0 Å². The third-order valence-corrected chi connectivity index (χ3v) is 2.44. The van der Waals surface area contributed by atoms with Crippen LogP contribution in [-0.4, -0.2) is 6.54 Å². The van der Waals surface area contributed by atoms with Gasteiger partial charge in [0.25, 0.3) is 0 Å². The van der Waals surface area contributed by atoms with Gasteiger partial charge in [-0.05, 0) is 36.7 Å². The van der Waals surface area contributed by atoms with Crippen LogP contribution < -0.4 is 10.5 Å². The van der Waals surface area contributed by atoms with E-state index in [9.17, 15) is 4.39 Å². The van der Waals surface area contributed by atoms with Gasteiger partial charge in [-0.25, -0.2) is 4.39 Å². The van der Waals surface area contributed by atoms with Gasteiger partial charge in [0.15, 0.2) is 11.6 Å². The number of hydrogen-bond acceptors (Lipinski definition) is 2. The predicted molar refractivity (Wildman–Crippen MR) is 65.7 cm³/mol. The monoisotopic (exact) mass is 231 g/mol. The summed E-state index contributed by atoms with van der Waals surface area (Å²) in [5, 5.41) is 0. The van der Waals surface area contributed by atoms with E-state index in [1.54, 1.807) is 18.2 Å². The van der Waals surface area contributed by atoms with Crippen molar-refractivity contribution >= 4 is 0 Å². The summed E-state index contributed by atoms with van der Waals surface area (Å²) >= 11 is 0. The molecule has 0 bridgehead atoms. The highest BCUT2D eigenvalue weighted by molar-refractivity contribution is 5.38. The van der Waals surface area contributed by atoms with E-state index in [-0.39, 0.29) is 11.6 Å². The van der Waals surface area contributed by atoms with Crippen molar-refractivity contribution in [2.45, 2.75) is 6.42 Å². The fourth-order valence-corrected chi connectivity index (χ4v) is 1.61. The van der Waals surface area contributed by atoms with Gasteiger partial charge in [0.05, 0.1) is 0 Å². The Labute approximate surface area is 99.8 Å². The van der Waals surface area contributed by atoms with Crippen LogP contribution in [-0.2, 0) is 6.42 Å². The minimum Gasteiger partial charge on any atom is -0.454 e. The van der Waals surface area contributed by atoms with E-state index >= 15 is 0 Å². The van der Waals surface area contributed by atoms with Gasteiger partial charge in [-0.1, -0.05) is 30.3 Å². The van der Waals surface area contributed by atoms with Crippen LogP contribution in [0.1, 0.15) is 5.56 Å². The standard InChI is InChI=1S/C14H14FNO/c15-12-6-2-4-8-14(12)17-13-7-3-1-5-11(13)9-10-16/h1-8H,9-10,16H2. The van der Waals surface area contributed by atoms with Crippen LogP contribution in [0.15, 0.2) is 48.5 Å². The Morgan fingerprint density at radius 3 is 2.29 bits per heavy atom. The van der Waals surface area contributed by atoms with Crippen LogP contribution in [0.3, 0.4) is 0 Å². The second-order valence-electron chi connectivity index (χ2n) is 3.68. The minimum absolute atomic E-state index is 0.233. The van der Waals surface area contributed by atoms with E-state index < -0.39 is 0 Å². The van der Waals surface area contributed by atoms with Crippen molar-refractivity contribution in [1.29, 1.82) is 0 Å². The van der Waals surface area contributed by atoms with Crippen molar-refractivity contribution in [2.75, 3.05) is 6.54 Å². The lowest BCUT2D eigenvalue weighted by Crippen LogP contribution is -2.04. The third kappa shape index (κ3) is 2.82. The van der Waals surface area contributed by atoms with Crippen molar-refractivity contribution in [3.8, 4) is 11.5 Å². The Morgan fingerprint density at radius 1 is 0.941 bits per heavy atom. The molecule has 2 rings (SSSR count). The molecule has 3 heteroatoms. The van der Waals surface area contributed by atoms with E-state index in [4.69, 9.17) is 10.5 Å². The lowest BCUT2D eigenvalue weighted by Gasteiger charge is -2.10. The maximum atomic E-state index is 13.4. The molecule has 0 amide bonds. The van der Waals surface area contributed by atoms with E-state index in [1.165, 1.54) is 6.07 Å². The van der Waals surface area contributed by atoms with Crippen molar-refractivity contribution < 1.29 is 9.13 Å². The van der Waals surface area contributed by atoms with Gasteiger partial charge in [-0.2, -0.15) is 0 Å². The maximum absolute atomic E-state index is 13.4. The molecular formula is C14H14FNO. The number of para-hydroxylation sites is 2. The van der Waals surface area contributed by atoms with E-state index in [0.717, 1.165) is 5.56 Å². The highest BCUT2D eigenvalue weighted by Gasteiger charge is 2.06. The Kier molecular flexibility index (Phi) is 3.73. The summed E-state index contributed by atoms with van der Waals surface area (Å²) in [4.78, 5) is 0. The largest absolute Gasteiger partial charge is 0.454 e. The molecule has 0 spiro atoms. The first-order valence-electron chi connectivity index (χ1n) is 5.51. The summed E-state index contributed by atoms with van der Waals surface area (Å²) in [6.45, 7) is 0.539. The first kappa shape index (κ1) is 11.6. The zero-order valence-corrected chi connectivity index (χ0v) is 9.40. The molecule has 0 fully saturated rings. The lowest BCUT2D eigenvalue weighted by molar-refractivity contribution is 0.438. The first-order valence-corrected chi connectivity index (χ1v) is 5.51. The Hall–Kier alpha value is -1.87. The molecule has 0 atom stereocenters. The first-order chi connectivity index (χ1) is 8.31. The molecule has 88 valence electrons. The number of rotatable bonds is 4. The SMILES string of the molecule is NCCc1ccccc1Oc1ccccc1F. The molecule has 2 nitrogen and oxygen atoms in total. The van der Waals surface area contributed by atoms with Gasteiger partial charge < -0.3 is 10.5 Å². The second kappa shape index (κ2) is 5.46. The lowest BCUT2D eigenvalue weighted by atomic mass is 10.1.